The topological polar surface area (TPSA) is 56.6 Å². The minimum Gasteiger partial charge on any atom is -0.320 e. The molecule has 0 amide bonds. The Labute approximate surface area is 88.7 Å². The number of H-pyrrole nitrogens is 1. The number of hydrogen-bond donors (Lipinski definition) is 1. The van der Waals surface area contributed by atoms with Gasteiger partial charge in [-0.1, -0.05) is 17.7 Å². The summed E-state index contributed by atoms with van der Waals surface area (Å²) in [4.78, 5) is 14.0. The Hall–Kier alpha value is -1.18. The number of nitrogens with one attached hydrogen (secondary N) is 1. The van der Waals surface area contributed by atoms with Gasteiger partial charge in [0.1, 0.15) is 11.6 Å². The van der Waals surface area contributed by atoms with Crippen LogP contribution in [0.4, 0.5) is 0 Å². The summed E-state index contributed by atoms with van der Waals surface area (Å²) in [5.74, 6) is 0.809. The molecule has 0 spiro atoms. The Morgan fingerprint density at radius 2 is 2.43 bits per heavy atom. The third kappa shape index (κ3) is 1.35. The van der Waals surface area contributed by atoms with E-state index in [-0.39, 0.29) is 10.6 Å². The molecular formula is C9H5ClN2OS. The molecule has 1 aromatic rings. The number of aromatic amines is 1. The molecule has 14 heavy (non-hydrogen) atoms. The Morgan fingerprint density at radius 1 is 1.64 bits per heavy atom. The molecule has 1 N–H and O–H groups in total. The molecule has 2 heterocycles. The maximum atomic E-state index is 11.3. The molecule has 0 radical (unpaired) electrons. The first-order valence-electron chi connectivity index (χ1n) is 3.88. The van der Waals surface area contributed by atoms with Crippen LogP contribution in [0, 0.1) is 11.3 Å². The van der Waals surface area contributed by atoms with Crippen LogP contribution in [0.3, 0.4) is 0 Å². The third-order valence-corrected chi connectivity index (χ3v) is 3.07. The molecule has 0 unspecified atom stereocenters. The van der Waals surface area contributed by atoms with Gasteiger partial charge in [-0.15, -0.1) is 11.8 Å². The van der Waals surface area contributed by atoms with Gasteiger partial charge in [-0.2, -0.15) is 5.26 Å². The lowest BCUT2D eigenvalue weighted by molar-refractivity contribution is 1.14. The van der Waals surface area contributed by atoms with Gasteiger partial charge in [0.15, 0.2) is 0 Å². The van der Waals surface area contributed by atoms with Crippen LogP contribution in [0.25, 0.3) is 11.5 Å². The monoisotopic (exact) mass is 224 g/mol. The molecule has 0 atom stereocenters. The zero-order chi connectivity index (χ0) is 10.1. The smallest absolute Gasteiger partial charge is 0.267 e. The van der Waals surface area contributed by atoms with Gasteiger partial charge in [0.25, 0.3) is 5.56 Å². The first-order chi connectivity index (χ1) is 6.74. The lowest BCUT2D eigenvalue weighted by Gasteiger charge is -2.01. The third-order valence-electron chi connectivity index (χ3n) is 1.92. The summed E-state index contributed by atoms with van der Waals surface area (Å²) in [6.07, 6.45) is 1.90. The predicted molar refractivity (Wildman–Crippen MR) is 57.4 cm³/mol. The number of thioether (sulfide) groups is 1. The van der Waals surface area contributed by atoms with E-state index >= 15 is 0 Å². The lowest BCUT2D eigenvalue weighted by atomic mass is 10.2. The fourth-order valence-electron chi connectivity index (χ4n) is 1.26. The van der Waals surface area contributed by atoms with E-state index in [1.54, 1.807) is 17.8 Å². The molecule has 0 saturated carbocycles. The summed E-state index contributed by atoms with van der Waals surface area (Å²) in [7, 11) is 0. The Morgan fingerprint density at radius 3 is 3.14 bits per heavy atom. The molecule has 3 nitrogen and oxygen atoms in total. The summed E-state index contributed by atoms with van der Waals surface area (Å²) in [6.45, 7) is 0. The average molecular weight is 225 g/mol. The number of nitrogens with zero attached hydrogens (tertiary/aromatic N) is 1. The van der Waals surface area contributed by atoms with Gasteiger partial charge in [0.2, 0.25) is 0 Å². The summed E-state index contributed by atoms with van der Waals surface area (Å²) < 4.78 is 0. The first-order valence-corrected chi connectivity index (χ1v) is 5.30. The largest absolute Gasteiger partial charge is 0.320 e. The zero-order valence-electron chi connectivity index (χ0n) is 7.00. The summed E-state index contributed by atoms with van der Waals surface area (Å²) in [5, 5.41) is 12.2. The number of aromatic nitrogens is 1. The van der Waals surface area contributed by atoms with Gasteiger partial charge in [-0.05, 0) is 5.41 Å². The minimum atomic E-state index is -0.427. The maximum absolute atomic E-state index is 11.3. The number of nitriles is 1. The lowest BCUT2D eigenvalue weighted by Crippen LogP contribution is -2.38. The predicted octanol–water partition coefficient (Wildman–Crippen LogP) is 0.165. The van der Waals surface area contributed by atoms with Crippen molar-refractivity contribution in [2.45, 2.75) is 0 Å². The Kier molecular flexibility index (Phi) is 2.36. The molecule has 2 rings (SSSR count). The van der Waals surface area contributed by atoms with Crippen molar-refractivity contribution in [1.29, 1.82) is 5.26 Å². The summed E-state index contributed by atoms with van der Waals surface area (Å²) in [6, 6.07) is 1.80. The Balaban J connectivity index is 3.01. The fourth-order valence-corrected chi connectivity index (χ4v) is 2.28. The SMILES string of the molecule is N#Cc1c(Cl)c2c([nH]c1=O)=CSCC=2. The highest BCUT2D eigenvalue weighted by atomic mass is 35.5. The molecule has 0 fully saturated rings. The van der Waals surface area contributed by atoms with Crippen LogP contribution in [-0.4, -0.2) is 10.7 Å². The highest BCUT2D eigenvalue weighted by Gasteiger charge is 2.08. The quantitative estimate of drug-likeness (QED) is 0.683. The molecule has 1 aromatic heterocycles. The van der Waals surface area contributed by atoms with Crippen LogP contribution in [0.15, 0.2) is 4.79 Å². The van der Waals surface area contributed by atoms with Crippen molar-refractivity contribution < 1.29 is 0 Å². The number of pyridine rings is 1. The van der Waals surface area contributed by atoms with E-state index in [1.165, 1.54) is 0 Å². The van der Waals surface area contributed by atoms with E-state index in [1.807, 2.05) is 11.5 Å². The number of rotatable bonds is 0. The van der Waals surface area contributed by atoms with Crippen LogP contribution in [0.1, 0.15) is 5.56 Å². The number of hydrogen-bond acceptors (Lipinski definition) is 3. The highest BCUT2D eigenvalue weighted by molar-refractivity contribution is 8.06. The second-order valence-corrected chi connectivity index (χ2v) is 4.02. The van der Waals surface area contributed by atoms with E-state index in [9.17, 15) is 4.79 Å². The van der Waals surface area contributed by atoms with Crippen molar-refractivity contribution >= 4 is 34.8 Å². The first kappa shape index (κ1) is 9.38. The minimum absolute atomic E-state index is 0.0121. The van der Waals surface area contributed by atoms with Crippen molar-refractivity contribution in [2.24, 2.45) is 0 Å². The van der Waals surface area contributed by atoms with E-state index < -0.39 is 5.56 Å². The number of fused-ring (bicyclic) bond motifs is 1. The summed E-state index contributed by atoms with van der Waals surface area (Å²) in [5.41, 5.74) is -0.439. The van der Waals surface area contributed by atoms with Crippen molar-refractivity contribution in [1.82, 2.24) is 4.98 Å². The standard InChI is InChI=1S/C9H5ClN2OS/c10-8-5-1-2-14-4-7(5)12-9(13)6(8)3-11/h1,4H,2H2,(H,12,13). The van der Waals surface area contributed by atoms with E-state index in [0.29, 0.717) is 5.35 Å². The van der Waals surface area contributed by atoms with E-state index in [2.05, 4.69) is 4.98 Å². The maximum Gasteiger partial charge on any atom is 0.267 e. The molecule has 0 bridgehead atoms. The van der Waals surface area contributed by atoms with Crippen LogP contribution < -0.4 is 16.1 Å². The van der Waals surface area contributed by atoms with Gasteiger partial charge >= 0.3 is 0 Å². The molecule has 1 aliphatic rings. The van der Waals surface area contributed by atoms with Crippen molar-refractivity contribution in [3.8, 4) is 6.07 Å². The van der Waals surface area contributed by atoms with Crippen molar-refractivity contribution in [3.05, 3.63) is 31.5 Å². The molecule has 70 valence electrons. The van der Waals surface area contributed by atoms with Crippen LogP contribution in [0.2, 0.25) is 5.02 Å². The molecule has 0 aliphatic carbocycles. The van der Waals surface area contributed by atoms with Gasteiger partial charge in [-0.25, -0.2) is 0 Å². The number of halogens is 1. The van der Waals surface area contributed by atoms with Crippen LogP contribution >= 0.6 is 23.4 Å². The van der Waals surface area contributed by atoms with Crippen LogP contribution in [0.5, 0.6) is 0 Å². The normalized spacial score (nSPS) is 13.4. The summed E-state index contributed by atoms with van der Waals surface area (Å²) >= 11 is 7.51. The van der Waals surface area contributed by atoms with Crippen molar-refractivity contribution in [2.75, 3.05) is 5.75 Å². The van der Waals surface area contributed by atoms with Crippen LogP contribution in [-0.2, 0) is 0 Å². The molecule has 1 aliphatic heterocycles. The molecule has 0 aromatic carbocycles. The molecule has 0 saturated heterocycles. The second kappa shape index (κ2) is 3.52. The van der Waals surface area contributed by atoms with E-state index in [0.717, 1.165) is 11.0 Å². The molecule has 5 heteroatoms. The van der Waals surface area contributed by atoms with Gasteiger partial charge in [0.05, 0.1) is 10.4 Å². The van der Waals surface area contributed by atoms with E-state index in [4.69, 9.17) is 16.9 Å². The fraction of sp³-hybridized carbons (Fsp3) is 0.111. The van der Waals surface area contributed by atoms with Crippen molar-refractivity contribution in [3.63, 3.8) is 0 Å². The zero-order valence-corrected chi connectivity index (χ0v) is 8.58. The highest BCUT2D eigenvalue weighted by Crippen LogP contribution is 2.07. The molecular weight excluding hydrogens is 220 g/mol. The second-order valence-electron chi connectivity index (χ2n) is 2.74. The Bertz CT molecular complexity index is 597. The average Bonchev–Trinajstić information content (AvgIpc) is 2.18. The van der Waals surface area contributed by atoms with Gasteiger partial charge in [-0.3, -0.25) is 4.79 Å². The van der Waals surface area contributed by atoms with Gasteiger partial charge in [0, 0.05) is 11.0 Å². The van der Waals surface area contributed by atoms with Gasteiger partial charge < -0.3 is 4.98 Å².